The quantitative estimate of drug-likeness (QED) is 0.544. The maximum Gasteiger partial charge on any atom is 0.316 e. The van der Waals surface area contributed by atoms with Crippen molar-refractivity contribution in [3.63, 3.8) is 0 Å². The number of ether oxygens (including phenoxy) is 2. The van der Waals surface area contributed by atoms with Crippen molar-refractivity contribution in [3.8, 4) is 5.75 Å². The number of Topliss-reactive ketones (excluding diaryl/α,β-unsaturated/α-hetero) is 1. The number of esters is 1. The first-order valence-electron chi connectivity index (χ1n) is 8.57. The minimum absolute atomic E-state index is 0.0446. The molecule has 0 heterocycles. The molecule has 26 heavy (non-hydrogen) atoms. The van der Waals surface area contributed by atoms with Crippen molar-refractivity contribution in [1.82, 2.24) is 0 Å². The van der Waals surface area contributed by atoms with Crippen LogP contribution < -0.4 is 4.74 Å². The molecule has 0 N–H and O–H groups in total. The van der Waals surface area contributed by atoms with Gasteiger partial charge in [0.05, 0.1) is 12.5 Å². The minimum Gasteiger partial charge on any atom is -0.496 e. The standard InChI is InChI=1S/C21H21ClO4/c1-14(23)15-4-9-19(25-2)16(12-15)13-26-20(24)21(10-3-11-21)17-5-7-18(22)8-6-17/h4-9,12H,3,10-11,13H2,1-2H3. The molecule has 0 spiro atoms. The summed E-state index contributed by atoms with van der Waals surface area (Å²) >= 11 is 5.96. The molecule has 0 atom stereocenters. The van der Waals surface area contributed by atoms with Gasteiger partial charge in [-0.1, -0.05) is 30.2 Å². The second-order valence-corrected chi connectivity index (χ2v) is 7.04. The van der Waals surface area contributed by atoms with E-state index in [1.54, 1.807) is 37.4 Å². The van der Waals surface area contributed by atoms with Crippen molar-refractivity contribution < 1.29 is 19.1 Å². The predicted molar refractivity (Wildman–Crippen MR) is 99.8 cm³/mol. The van der Waals surface area contributed by atoms with E-state index < -0.39 is 5.41 Å². The van der Waals surface area contributed by atoms with Crippen LogP contribution in [0.5, 0.6) is 5.75 Å². The molecule has 0 radical (unpaired) electrons. The lowest BCUT2D eigenvalue weighted by atomic mass is 9.64. The van der Waals surface area contributed by atoms with Crippen LogP contribution in [0.4, 0.5) is 0 Å². The molecule has 2 aromatic carbocycles. The van der Waals surface area contributed by atoms with Crippen LogP contribution in [-0.2, 0) is 21.6 Å². The summed E-state index contributed by atoms with van der Waals surface area (Å²) in [6.45, 7) is 1.57. The van der Waals surface area contributed by atoms with Gasteiger partial charge in [-0.25, -0.2) is 0 Å². The highest BCUT2D eigenvalue weighted by atomic mass is 35.5. The van der Waals surface area contributed by atoms with Crippen molar-refractivity contribution in [2.75, 3.05) is 7.11 Å². The second-order valence-electron chi connectivity index (χ2n) is 6.60. The Balaban J connectivity index is 1.78. The maximum atomic E-state index is 12.9. The van der Waals surface area contributed by atoms with Gasteiger partial charge in [-0.05, 0) is 55.7 Å². The van der Waals surface area contributed by atoms with E-state index in [0.717, 1.165) is 24.8 Å². The Kier molecular flexibility index (Phi) is 5.33. The van der Waals surface area contributed by atoms with E-state index in [-0.39, 0.29) is 18.4 Å². The summed E-state index contributed by atoms with van der Waals surface area (Å²) in [7, 11) is 1.55. The summed E-state index contributed by atoms with van der Waals surface area (Å²) in [4.78, 5) is 24.5. The summed E-state index contributed by atoms with van der Waals surface area (Å²) in [5, 5.41) is 0.641. The average Bonchev–Trinajstić information content (AvgIpc) is 2.60. The van der Waals surface area contributed by atoms with Gasteiger partial charge in [0.25, 0.3) is 0 Å². The molecule has 5 heteroatoms. The fraction of sp³-hybridized carbons (Fsp3) is 0.333. The zero-order valence-corrected chi connectivity index (χ0v) is 15.6. The summed E-state index contributed by atoms with van der Waals surface area (Å²) < 4.78 is 11.0. The first kappa shape index (κ1) is 18.5. The Morgan fingerprint density at radius 2 is 1.81 bits per heavy atom. The molecule has 1 fully saturated rings. The number of hydrogen-bond donors (Lipinski definition) is 0. The van der Waals surface area contributed by atoms with E-state index in [1.165, 1.54) is 6.92 Å². The highest BCUT2D eigenvalue weighted by molar-refractivity contribution is 6.30. The molecule has 1 aliphatic carbocycles. The van der Waals surface area contributed by atoms with Crippen molar-refractivity contribution in [2.45, 2.75) is 38.2 Å². The first-order chi connectivity index (χ1) is 12.5. The number of benzene rings is 2. The van der Waals surface area contributed by atoms with E-state index in [1.807, 2.05) is 12.1 Å². The molecule has 2 aromatic rings. The van der Waals surface area contributed by atoms with Crippen LogP contribution in [0.1, 0.15) is 47.7 Å². The van der Waals surface area contributed by atoms with E-state index in [2.05, 4.69) is 0 Å². The summed E-state index contributed by atoms with van der Waals surface area (Å²) in [5.74, 6) is 0.301. The monoisotopic (exact) mass is 372 g/mol. The van der Waals surface area contributed by atoms with Gasteiger partial charge in [0.15, 0.2) is 5.78 Å². The molecule has 4 nitrogen and oxygen atoms in total. The summed E-state index contributed by atoms with van der Waals surface area (Å²) in [5.41, 5.74) is 1.57. The van der Waals surface area contributed by atoms with Crippen LogP contribution in [0.15, 0.2) is 42.5 Å². The van der Waals surface area contributed by atoms with Crippen LogP contribution in [0.3, 0.4) is 0 Å². The molecule has 1 saturated carbocycles. The fourth-order valence-electron chi connectivity index (χ4n) is 3.30. The Morgan fingerprint density at radius 3 is 2.35 bits per heavy atom. The average molecular weight is 373 g/mol. The Bertz CT molecular complexity index is 822. The molecular weight excluding hydrogens is 352 g/mol. The van der Waals surface area contributed by atoms with Gasteiger partial charge < -0.3 is 9.47 Å². The van der Waals surface area contributed by atoms with Crippen LogP contribution >= 0.6 is 11.6 Å². The topological polar surface area (TPSA) is 52.6 Å². The number of methoxy groups -OCH3 is 1. The summed E-state index contributed by atoms with van der Waals surface area (Å²) in [6.07, 6.45) is 2.51. The lowest BCUT2D eigenvalue weighted by Crippen LogP contribution is -2.43. The van der Waals surface area contributed by atoms with E-state index >= 15 is 0 Å². The maximum absolute atomic E-state index is 12.9. The smallest absolute Gasteiger partial charge is 0.316 e. The number of halogens is 1. The van der Waals surface area contributed by atoms with Gasteiger partial charge in [-0.15, -0.1) is 0 Å². The number of carbonyl (C=O) groups excluding carboxylic acids is 2. The minimum atomic E-state index is -0.601. The van der Waals surface area contributed by atoms with Crippen LogP contribution in [0.2, 0.25) is 5.02 Å². The molecule has 136 valence electrons. The number of ketones is 1. The molecule has 0 aromatic heterocycles. The fourth-order valence-corrected chi connectivity index (χ4v) is 3.43. The highest BCUT2D eigenvalue weighted by Crippen LogP contribution is 2.45. The van der Waals surface area contributed by atoms with Crippen molar-refractivity contribution in [3.05, 3.63) is 64.2 Å². The van der Waals surface area contributed by atoms with Crippen molar-refractivity contribution in [1.29, 1.82) is 0 Å². The molecular formula is C21H21ClO4. The van der Waals surface area contributed by atoms with Gasteiger partial charge in [-0.3, -0.25) is 9.59 Å². The zero-order chi connectivity index (χ0) is 18.7. The molecule has 0 saturated heterocycles. The third kappa shape index (κ3) is 3.47. The van der Waals surface area contributed by atoms with Gasteiger partial charge in [0.2, 0.25) is 0 Å². The third-order valence-corrected chi connectivity index (χ3v) is 5.29. The molecule has 0 aliphatic heterocycles. The normalized spacial score (nSPS) is 15.0. The number of hydrogen-bond acceptors (Lipinski definition) is 4. The molecule has 0 bridgehead atoms. The van der Waals surface area contributed by atoms with Crippen LogP contribution in [0, 0.1) is 0 Å². The summed E-state index contributed by atoms with van der Waals surface area (Å²) in [6, 6.07) is 12.5. The van der Waals surface area contributed by atoms with Crippen LogP contribution in [0.25, 0.3) is 0 Å². The first-order valence-corrected chi connectivity index (χ1v) is 8.95. The Labute approximate surface area is 158 Å². The molecule has 0 amide bonds. The van der Waals surface area contributed by atoms with Gasteiger partial charge in [0, 0.05) is 16.1 Å². The molecule has 3 rings (SSSR count). The van der Waals surface area contributed by atoms with Crippen molar-refractivity contribution >= 4 is 23.4 Å². The predicted octanol–water partition coefficient (Wildman–Crippen LogP) is 4.72. The van der Waals surface area contributed by atoms with Gasteiger partial charge in [0.1, 0.15) is 12.4 Å². The SMILES string of the molecule is COc1ccc(C(C)=O)cc1COC(=O)C1(c2ccc(Cl)cc2)CCC1. The Morgan fingerprint density at radius 1 is 1.12 bits per heavy atom. The van der Waals surface area contributed by atoms with E-state index in [9.17, 15) is 9.59 Å². The zero-order valence-electron chi connectivity index (χ0n) is 14.9. The van der Waals surface area contributed by atoms with Crippen LogP contribution in [-0.4, -0.2) is 18.9 Å². The molecule has 1 aliphatic rings. The number of rotatable bonds is 6. The molecule has 0 unspecified atom stereocenters. The van der Waals surface area contributed by atoms with Gasteiger partial charge >= 0.3 is 5.97 Å². The lowest BCUT2D eigenvalue weighted by Gasteiger charge is -2.39. The lowest BCUT2D eigenvalue weighted by molar-refractivity contribution is -0.155. The third-order valence-electron chi connectivity index (χ3n) is 5.04. The highest BCUT2D eigenvalue weighted by Gasteiger charge is 2.47. The van der Waals surface area contributed by atoms with Crippen molar-refractivity contribution in [2.24, 2.45) is 0 Å². The largest absolute Gasteiger partial charge is 0.496 e. The Hall–Kier alpha value is -2.33. The second kappa shape index (κ2) is 7.50. The van der Waals surface area contributed by atoms with Gasteiger partial charge in [-0.2, -0.15) is 0 Å². The van der Waals surface area contributed by atoms with E-state index in [0.29, 0.717) is 21.9 Å². The number of carbonyl (C=O) groups is 2. The van der Waals surface area contributed by atoms with E-state index in [4.69, 9.17) is 21.1 Å².